The highest BCUT2D eigenvalue weighted by Gasteiger charge is 2.27. The van der Waals surface area contributed by atoms with Gasteiger partial charge in [-0.15, -0.1) is 0 Å². The molecule has 2 heteroatoms. The number of alkyl halides is 1. The maximum atomic E-state index is 3.66. The molecule has 15 heavy (non-hydrogen) atoms. The van der Waals surface area contributed by atoms with Crippen LogP contribution in [0.5, 0.6) is 0 Å². The second-order valence-corrected chi connectivity index (χ2v) is 6.13. The van der Waals surface area contributed by atoms with Crippen molar-refractivity contribution in [3.05, 3.63) is 0 Å². The lowest BCUT2D eigenvalue weighted by molar-refractivity contribution is 0.0794. The molecule has 0 aromatic rings. The van der Waals surface area contributed by atoms with Crippen molar-refractivity contribution in [3.8, 4) is 0 Å². The molecule has 3 atom stereocenters. The molecule has 3 unspecified atom stereocenters. The highest BCUT2D eigenvalue weighted by molar-refractivity contribution is 9.09. The Hall–Kier alpha value is 0.440. The predicted molar refractivity (Wildman–Crippen MR) is 71.6 cm³/mol. The average Bonchev–Trinajstić information content (AvgIpc) is 2.17. The molecule has 90 valence electrons. The average molecular weight is 276 g/mol. The molecule has 0 aliphatic carbocycles. The number of hydrogen-bond acceptors (Lipinski definition) is 1. The lowest BCUT2D eigenvalue weighted by Gasteiger charge is -2.41. The van der Waals surface area contributed by atoms with Crippen LogP contribution in [0.1, 0.15) is 47.0 Å². The Morgan fingerprint density at radius 2 is 1.73 bits per heavy atom. The molecule has 0 N–H and O–H groups in total. The topological polar surface area (TPSA) is 3.24 Å². The van der Waals surface area contributed by atoms with Crippen LogP contribution in [0.3, 0.4) is 0 Å². The fourth-order valence-electron chi connectivity index (χ4n) is 2.54. The van der Waals surface area contributed by atoms with E-state index in [0.29, 0.717) is 0 Å². The maximum Gasteiger partial charge on any atom is 0.00743 e. The number of rotatable bonds is 4. The van der Waals surface area contributed by atoms with Crippen LogP contribution in [0.25, 0.3) is 0 Å². The van der Waals surface area contributed by atoms with E-state index in [1.807, 2.05) is 0 Å². The van der Waals surface area contributed by atoms with E-state index in [4.69, 9.17) is 0 Å². The zero-order valence-electron chi connectivity index (χ0n) is 10.7. The van der Waals surface area contributed by atoms with Crippen molar-refractivity contribution in [3.63, 3.8) is 0 Å². The third-order valence-electron chi connectivity index (χ3n) is 3.96. The molecule has 1 aliphatic heterocycles. The van der Waals surface area contributed by atoms with Gasteiger partial charge in [0.25, 0.3) is 0 Å². The molecule has 1 saturated heterocycles. The van der Waals surface area contributed by atoms with Gasteiger partial charge < -0.3 is 0 Å². The minimum atomic E-state index is 0.783. The van der Waals surface area contributed by atoms with E-state index in [-0.39, 0.29) is 0 Å². The van der Waals surface area contributed by atoms with Crippen molar-refractivity contribution in [2.45, 2.75) is 59.0 Å². The Labute approximate surface area is 104 Å². The van der Waals surface area contributed by atoms with Crippen LogP contribution in [0, 0.1) is 11.8 Å². The van der Waals surface area contributed by atoms with Crippen LogP contribution >= 0.6 is 15.9 Å². The van der Waals surface area contributed by atoms with Crippen molar-refractivity contribution in [2.24, 2.45) is 11.8 Å². The summed E-state index contributed by atoms with van der Waals surface area (Å²) in [7, 11) is 0. The summed E-state index contributed by atoms with van der Waals surface area (Å²) < 4.78 is 0. The van der Waals surface area contributed by atoms with Crippen LogP contribution in [-0.4, -0.2) is 28.9 Å². The Balaban J connectivity index is 2.53. The molecule has 1 aliphatic rings. The highest BCUT2D eigenvalue weighted by Crippen LogP contribution is 2.25. The summed E-state index contributed by atoms with van der Waals surface area (Å²) >= 11 is 3.66. The second-order valence-electron chi connectivity index (χ2n) is 5.48. The third kappa shape index (κ3) is 3.74. The Morgan fingerprint density at radius 3 is 2.13 bits per heavy atom. The quantitative estimate of drug-likeness (QED) is 0.703. The second kappa shape index (κ2) is 6.24. The van der Waals surface area contributed by atoms with Gasteiger partial charge in [0.15, 0.2) is 0 Å². The van der Waals surface area contributed by atoms with Gasteiger partial charge in [-0.05, 0) is 38.5 Å². The molecule has 1 nitrogen and oxygen atoms in total. The van der Waals surface area contributed by atoms with Gasteiger partial charge in [-0.3, -0.25) is 4.90 Å². The first kappa shape index (κ1) is 13.5. The van der Waals surface area contributed by atoms with Crippen molar-refractivity contribution in [1.29, 1.82) is 0 Å². The van der Waals surface area contributed by atoms with Crippen molar-refractivity contribution >= 4 is 15.9 Å². The van der Waals surface area contributed by atoms with Crippen molar-refractivity contribution in [2.75, 3.05) is 11.9 Å². The lowest BCUT2D eigenvalue weighted by Crippen LogP contribution is -2.47. The van der Waals surface area contributed by atoms with Crippen LogP contribution in [-0.2, 0) is 0 Å². The van der Waals surface area contributed by atoms with Gasteiger partial charge in [0.05, 0.1) is 0 Å². The van der Waals surface area contributed by atoms with E-state index in [9.17, 15) is 0 Å². The number of piperidine rings is 1. The summed E-state index contributed by atoms with van der Waals surface area (Å²) in [5, 5.41) is 1.14. The zero-order chi connectivity index (χ0) is 11.4. The predicted octanol–water partition coefficient (Wildman–Crippen LogP) is 3.92. The molecule has 0 radical (unpaired) electrons. The van der Waals surface area contributed by atoms with Gasteiger partial charge in [-0.1, -0.05) is 36.2 Å². The molecule has 0 spiro atoms. The lowest BCUT2D eigenvalue weighted by atomic mass is 9.92. The fraction of sp³-hybridized carbons (Fsp3) is 1.00. The number of nitrogens with zero attached hydrogens (tertiary/aromatic N) is 1. The minimum Gasteiger partial charge on any atom is -0.298 e. The summed E-state index contributed by atoms with van der Waals surface area (Å²) in [6.45, 7) is 10.7. The molecule has 1 fully saturated rings. The van der Waals surface area contributed by atoms with Crippen LogP contribution in [0.15, 0.2) is 0 Å². The van der Waals surface area contributed by atoms with Crippen LogP contribution in [0.2, 0.25) is 0 Å². The fourth-order valence-corrected chi connectivity index (χ4v) is 3.50. The zero-order valence-corrected chi connectivity index (χ0v) is 12.3. The molecule has 1 rings (SSSR count). The van der Waals surface area contributed by atoms with Crippen LogP contribution < -0.4 is 0 Å². The molecule has 0 aromatic carbocycles. The van der Waals surface area contributed by atoms with Gasteiger partial charge in [0.1, 0.15) is 0 Å². The molecule has 0 saturated carbocycles. The van der Waals surface area contributed by atoms with E-state index in [2.05, 4.69) is 48.5 Å². The number of hydrogen-bond donors (Lipinski definition) is 0. The SMILES string of the molecule is CC(C)C(CBr)CN1C(C)CCCC1C. The number of likely N-dealkylation sites (tertiary alicyclic amines) is 1. The van der Waals surface area contributed by atoms with Gasteiger partial charge in [0.2, 0.25) is 0 Å². The summed E-state index contributed by atoms with van der Waals surface area (Å²) in [6, 6.07) is 1.57. The first-order chi connectivity index (χ1) is 7.06. The van der Waals surface area contributed by atoms with Gasteiger partial charge in [0, 0.05) is 24.0 Å². The Morgan fingerprint density at radius 1 is 1.20 bits per heavy atom. The third-order valence-corrected chi connectivity index (χ3v) is 4.79. The van der Waals surface area contributed by atoms with Crippen molar-refractivity contribution < 1.29 is 0 Å². The normalized spacial score (nSPS) is 30.8. The standard InChI is InChI=1S/C13H26BrN/c1-10(2)13(8-14)9-15-11(3)6-5-7-12(15)4/h10-13H,5-9H2,1-4H3. The summed E-state index contributed by atoms with van der Waals surface area (Å²) in [5.41, 5.74) is 0. The highest BCUT2D eigenvalue weighted by atomic mass is 79.9. The largest absolute Gasteiger partial charge is 0.298 e. The minimum absolute atomic E-state index is 0.783. The first-order valence-electron chi connectivity index (χ1n) is 6.38. The van der Waals surface area contributed by atoms with E-state index in [1.54, 1.807) is 0 Å². The maximum absolute atomic E-state index is 3.66. The molecule has 1 heterocycles. The monoisotopic (exact) mass is 275 g/mol. The van der Waals surface area contributed by atoms with E-state index in [0.717, 1.165) is 29.2 Å². The van der Waals surface area contributed by atoms with Gasteiger partial charge in [-0.2, -0.15) is 0 Å². The van der Waals surface area contributed by atoms with E-state index >= 15 is 0 Å². The Kier molecular flexibility index (Phi) is 5.62. The molecule has 0 bridgehead atoms. The van der Waals surface area contributed by atoms with Gasteiger partial charge >= 0.3 is 0 Å². The van der Waals surface area contributed by atoms with Crippen molar-refractivity contribution in [1.82, 2.24) is 4.90 Å². The smallest absolute Gasteiger partial charge is 0.00743 e. The van der Waals surface area contributed by atoms with Gasteiger partial charge in [-0.25, -0.2) is 0 Å². The molecular weight excluding hydrogens is 250 g/mol. The summed E-state index contributed by atoms with van der Waals surface area (Å²) in [4.78, 5) is 2.72. The molecule has 0 aromatic heterocycles. The number of halogens is 1. The van der Waals surface area contributed by atoms with Crippen LogP contribution in [0.4, 0.5) is 0 Å². The summed E-state index contributed by atoms with van der Waals surface area (Å²) in [6.07, 6.45) is 4.19. The summed E-state index contributed by atoms with van der Waals surface area (Å²) in [5.74, 6) is 1.58. The Bertz CT molecular complexity index is 171. The first-order valence-corrected chi connectivity index (χ1v) is 7.50. The molecular formula is C13H26BrN. The van der Waals surface area contributed by atoms with E-state index in [1.165, 1.54) is 25.8 Å². The van der Waals surface area contributed by atoms with E-state index < -0.39 is 0 Å². The molecule has 0 amide bonds.